The zero-order chi connectivity index (χ0) is 18.7. The minimum atomic E-state index is -1.86. The van der Waals surface area contributed by atoms with Crippen molar-refractivity contribution >= 4 is 12.1 Å². The molecule has 4 N–H and O–H groups in total. The Morgan fingerprint density at radius 3 is 2.25 bits per heavy atom. The predicted octanol–water partition coefficient (Wildman–Crippen LogP) is 1.58. The van der Waals surface area contributed by atoms with E-state index in [2.05, 4.69) is 5.32 Å². The van der Waals surface area contributed by atoms with Crippen molar-refractivity contribution in [3.63, 3.8) is 0 Å². The van der Waals surface area contributed by atoms with E-state index in [1.54, 1.807) is 20.8 Å². The predicted molar refractivity (Wildman–Crippen MR) is 78.5 cm³/mol. The maximum atomic E-state index is 13.3. The third-order valence-electron chi connectivity index (χ3n) is 2.86. The number of hydrogen-bond acceptors (Lipinski definition) is 5. The molecule has 134 valence electrons. The summed E-state index contributed by atoms with van der Waals surface area (Å²) >= 11 is 0. The molecule has 2 unspecified atom stereocenters. The number of ether oxygens (including phenoxy) is 1. The van der Waals surface area contributed by atoms with Crippen LogP contribution in [-0.2, 0) is 4.74 Å². The van der Waals surface area contributed by atoms with E-state index in [9.17, 15) is 28.6 Å². The summed E-state index contributed by atoms with van der Waals surface area (Å²) in [6.45, 7) is 4.38. The lowest BCUT2D eigenvalue weighted by Gasteiger charge is -2.23. The Morgan fingerprint density at radius 2 is 1.75 bits per heavy atom. The highest BCUT2D eigenvalue weighted by Crippen LogP contribution is 2.24. The molecule has 9 heteroatoms. The molecule has 1 amide bonds. The molecular weight excluding hydrogens is 328 g/mol. The van der Waals surface area contributed by atoms with Gasteiger partial charge in [0.15, 0.2) is 11.6 Å². The lowest BCUT2D eigenvalue weighted by atomic mass is 9.98. The molecule has 0 saturated carbocycles. The summed E-state index contributed by atoms with van der Waals surface area (Å²) in [6.07, 6.45) is -4.39. The first-order valence-electron chi connectivity index (χ1n) is 6.97. The van der Waals surface area contributed by atoms with Crippen LogP contribution in [0.5, 0.6) is 0 Å². The first-order valence-corrected chi connectivity index (χ1v) is 6.97. The van der Waals surface area contributed by atoms with Gasteiger partial charge in [-0.2, -0.15) is 0 Å². The molecule has 0 bridgehead atoms. The van der Waals surface area contributed by atoms with Crippen LogP contribution in [0.1, 0.15) is 42.8 Å². The molecule has 0 fully saturated rings. The third kappa shape index (κ3) is 5.43. The first kappa shape index (κ1) is 19.8. The van der Waals surface area contributed by atoms with Gasteiger partial charge in [0.25, 0.3) is 0 Å². The Labute approximate surface area is 136 Å². The fourth-order valence-electron chi connectivity index (χ4n) is 1.81. The Morgan fingerprint density at radius 1 is 1.21 bits per heavy atom. The van der Waals surface area contributed by atoms with E-state index < -0.39 is 59.2 Å². The normalized spacial score (nSPS) is 14.0. The van der Waals surface area contributed by atoms with Crippen LogP contribution in [0.25, 0.3) is 0 Å². The van der Waals surface area contributed by atoms with Gasteiger partial charge < -0.3 is 25.4 Å². The van der Waals surface area contributed by atoms with Crippen molar-refractivity contribution < 1.29 is 38.4 Å². The van der Waals surface area contributed by atoms with Gasteiger partial charge in [-0.1, -0.05) is 0 Å². The van der Waals surface area contributed by atoms with Crippen LogP contribution in [-0.4, -0.2) is 45.6 Å². The number of amides is 1. The van der Waals surface area contributed by atoms with Crippen LogP contribution in [0, 0.1) is 11.6 Å². The number of benzene rings is 1. The van der Waals surface area contributed by atoms with Gasteiger partial charge >= 0.3 is 12.1 Å². The second kappa shape index (κ2) is 7.54. The van der Waals surface area contributed by atoms with E-state index in [0.717, 1.165) is 0 Å². The fraction of sp³-hybridized carbons (Fsp3) is 0.467. The molecule has 0 aliphatic heterocycles. The number of aliphatic hydroxyl groups excluding tert-OH is 2. The summed E-state index contributed by atoms with van der Waals surface area (Å²) in [5.41, 5.74) is -1.98. The molecule has 2 atom stereocenters. The standard InChI is InChI=1S/C15H19F2NO6/c1-15(2,3)24-14(23)18-6-11(19)12(20)7-4-9(16)10(17)5-8(7)13(21)22/h4-5,11-12,19-20H,6H2,1-3H3,(H,18,23)(H,21,22). The second-order valence-corrected chi connectivity index (χ2v) is 6.05. The van der Waals surface area contributed by atoms with Gasteiger partial charge in [0.05, 0.1) is 5.56 Å². The molecular formula is C15H19F2NO6. The zero-order valence-corrected chi connectivity index (χ0v) is 13.3. The van der Waals surface area contributed by atoms with Crippen molar-refractivity contribution in [1.82, 2.24) is 5.32 Å². The van der Waals surface area contributed by atoms with E-state index in [4.69, 9.17) is 9.84 Å². The lowest BCUT2D eigenvalue weighted by Crippen LogP contribution is -2.39. The number of hydrogen-bond donors (Lipinski definition) is 4. The van der Waals surface area contributed by atoms with Crippen molar-refractivity contribution in [3.8, 4) is 0 Å². The van der Waals surface area contributed by atoms with E-state index in [-0.39, 0.29) is 0 Å². The molecule has 0 saturated heterocycles. The number of aromatic carboxylic acids is 1. The van der Waals surface area contributed by atoms with E-state index in [1.165, 1.54) is 0 Å². The molecule has 0 radical (unpaired) electrons. The summed E-state index contributed by atoms with van der Waals surface area (Å²) in [6, 6.07) is 0.893. The maximum absolute atomic E-state index is 13.3. The van der Waals surface area contributed by atoms with Gasteiger partial charge in [-0.25, -0.2) is 18.4 Å². The summed E-state index contributed by atoms with van der Waals surface area (Å²) < 4.78 is 31.4. The molecule has 0 heterocycles. The maximum Gasteiger partial charge on any atom is 0.407 e. The number of nitrogens with one attached hydrogen (secondary N) is 1. The molecule has 1 rings (SSSR count). The number of alkyl carbamates (subject to hydrolysis) is 1. The summed E-state index contributed by atoms with van der Waals surface area (Å²) in [5.74, 6) is -4.37. The summed E-state index contributed by atoms with van der Waals surface area (Å²) in [4.78, 5) is 22.5. The topological polar surface area (TPSA) is 116 Å². The molecule has 0 aliphatic carbocycles. The van der Waals surface area contributed by atoms with Gasteiger partial charge in [0.2, 0.25) is 0 Å². The van der Waals surface area contributed by atoms with Crippen molar-refractivity contribution in [3.05, 3.63) is 34.9 Å². The molecule has 7 nitrogen and oxygen atoms in total. The number of halogens is 2. The van der Waals surface area contributed by atoms with Crippen LogP contribution >= 0.6 is 0 Å². The average Bonchev–Trinajstić information content (AvgIpc) is 2.44. The van der Waals surface area contributed by atoms with Gasteiger partial charge in [-0.3, -0.25) is 0 Å². The van der Waals surface area contributed by atoms with Gasteiger partial charge in [0, 0.05) is 12.1 Å². The largest absolute Gasteiger partial charge is 0.478 e. The SMILES string of the molecule is CC(C)(C)OC(=O)NCC(O)C(O)c1cc(F)c(F)cc1C(=O)O. The van der Waals surface area contributed by atoms with Crippen molar-refractivity contribution in [2.45, 2.75) is 38.6 Å². The molecule has 1 aromatic rings. The van der Waals surface area contributed by atoms with Crippen LogP contribution in [0.4, 0.5) is 13.6 Å². The zero-order valence-electron chi connectivity index (χ0n) is 13.3. The van der Waals surface area contributed by atoms with Crippen LogP contribution in [0.15, 0.2) is 12.1 Å². The fourth-order valence-corrected chi connectivity index (χ4v) is 1.81. The summed E-state index contributed by atoms with van der Waals surface area (Å²) in [7, 11) is 0. The molecule has 1 aromatic carbocycles. The van der Waals surface area contributed by atoms with Gasteiger partial charge in [-0.05, 0) is 32.9 Å². The van der Waals surface area contributed by atoms with Crippen LogP contribution in [0.2, 0.25) is 0 Å². The first-order chi connectivity index (χ1) is 10.9. The van der Waals surface area contributed by atoms with E-state index >= 15 is 0 Å². The Kier molecular flexibility index (Phi) is 6.22. The van der Waals surface area contributed by atoms with Crippen LogP contribution < -0.4 is 5.32 Å². The highest BCUT2D eigenvalue weighted by Gasteiger charge is 2.27. The molecule has 0 aliphatic rings. The summed E-state index contributed by atoms with van der Waals surface area (Å²) in [5, 5.41) is 31.0. The van der Waals surface area contributed by atoms with E-state index in [1.807, 2.05) is 0 Å². The highest BCUT2D eigenvalue weighted by molar-refractivity contribution is 5.89. The molecule has 0 aromatic heterocycles. The quantitative estimate of drug-likeness (QED) is 0.643. The number of rotatable bonds is 5. The van der Waals surface area contributed by atoms with Gasteiger partial charge in [0.1, 0.15) is 17.8 Å². The average molecular weight is 347 g/mol. The lowest BCUT2D eigenvalue weighted by molar-refractivity contribution is 0.0119. The van der Waals surface area contributed by atoms with Crippen molar-refractivity contribution in [2.75, 3.05) is 6.54 Å². The number of carboxylic acid groups (broad SMARTS) is 1. The number of aliphatic hydroxyl groups is 2. The second-order valence-electron chi connectivity index (χ2n) is 6.05. The molecule has 24 heavy (non-hydrogen) atoms. The van der Waals surface area contributed by atoms with Crippen LogP contribution in [0.3, 0.4) is 0 Å². The number of carbonyl (C=O) groups is 2. The smallest absolute Gasteiger partial charge is 0.407 e. The minimum absolute atomic E-state index is 0.407. The third-order valence-corrected chi connectivity index (χ3v) is 2.86. The minimum Gasteiger partial charge on any atom is -0.478 e. The van der Waals surface area contributed by atoms with Crippen molar-refractivity contribution in [2.24, 2.45) is 0 Å². The monoisotopic (exact) mass is 347 g/mol. The molecule has 0 spiro atoms. The highest BCUT2D eigenvalue weighted by atomic mass is 19.2. The van der Waals surface area contributed by atoms with Crippen molar-refractivity contribution in [1.29, 1.82) is 0 Å². The van der Waals surface area contributed by atoms with E-state index in [0.29, 0.717) is 12.1 Å². The Balaban J connectivity index is 2.86. The Bertz CT molecular complexity index is 629. The number of carbonyl (C=O) groups excluding carboxylic acids is 1. The number of carboxylic acids is 1. The van der Waals surface area contributed by atoms with Gasteiger partial charge in [-0.15, -0.1) is 0 Å². The Hall–Kier alpha value is -2.26.